The number of rotatable bonds is 12. The van der Waals surface area contributed by atoms with Gasteiger partial charge in [0, 0.05) is 30.7 Å². The summed E-state index contributed by atoms with van der Waals surface area (Å²) in [7, 11) is 0. The number of carboxylic acid groups (broad SMARTS) is 2. The molecule has 1 unspecified atom stereocenters. The smallest absolute Gasteiger partial charge is 0.303 e. The van der Waals surface area contributed by atoms with Crippen LogP contribution in [0, 0.1) is 0 Å². The molecule has 0 bridgehead atoms. The van der Waals surface area contributed by atoms with Crippen LogP contribution in [-0.2, 0) is 30.4 Å². The third kappa shape index (κ3) is 11.8. The molecule has 6 N–H and O–H groups in total. The number of amides is 3. The van der Waals surface area contributed by atoms with Crippen molar-refractivity contribution in [3.05, 3.63) is 41.4 Å². The van der Waals surface area contributed by atoms with Crippen molar-refractivity contribution in [3.8, 4) is 10.6 Å². The lowest BCUT2D eigenvalue weighted by molar-refractivity contribution is -0.138. The maximum Gasteiger partial charge on any atom is 0.303 e. The van der Waals surface area contributed by atoms with Gasteiger partial charge in [-0.1, -0.05) is 37.3 Å². The Balaban J connectivity index is 0.00000142. The van der Waals surface area contributed by atoms with Crippen LogP contribution in [0.5, 0.6) is 0 Å². The molecule has 3 amide bonds. The van der Waals surface area contributed by atoms with E-state index >= 15 is 0 Å². The van der Waals surface area contributed by atoms with E-state index in [0.717, 1.165) is 23.2 Å². The number of hydrogen-bond acceptors (Lipinski definition) is 7. The zero-order valence-corrected chi connectivity index (χ0v) is 20.3. The number of primary amides is 1. The maximum absolute atomic E-state index is 12.4. The molecule has 0 aliphatic heterocycles. The van der Waals surface area contributed by atoms with Gasteiger partial charge in [-0.15, -0.1) is 11.3 Å². The van der Waals surface area contributed by atoms with Crippen LogP contribution < -0.4 is 16.4 Å². The second-order valence-corrected chi connectivity index (χ2v) is 8.31. The Labute approximate surface area is 206 Å². The SMILES string of the molecule is CC(=O)O.CCC(NC(=O)CCc1csc(-c2ccccc2)n1)C(=O)N[C@@H](CCC(=O)O)C(N)=O. The van der Waals surface area contributed by atoms with Gasteiger partial charge >= 0.3 is 5.97 Å². The average Bonchev–Trinajstić information content (AvgIpc) is 3.27. The molecule has 35 heavy (non-hydrogen) atoms. The molecule has 1 heterocycles. The van der Waals surface area contributed by atoms with Crippen molar-refractivity contribution in [1.29, 1.82) is 0 Å². The van der Waals surface area contributed by atoms with Gasteiger partial charge in [-0.2, -0.15) is 0 Å². The summed E-state index contributed by atoms with van der Waals surface area (Å²) < 4.78 is 0. The first kappa shape index (κ1) is 29.2. The number of carbonyl (C=O) groups is 5. The molecule has 2 rings (SSSR count). The van der Waals surface area contributed by atoms with Crippen LogP contribution in [0.4, 0.5) is 0 Å². The number of nitrogens with one attached hydrogen (secondary N) is 2. The molecule has 2 atom stereocenters. The topological polar surface area (TPSA) is 189 Å². The van der Waals surface area contributed by atoms with Gasteiger partial charge in [0.15, 0.2) is 0 Å². The standard InChI is InChI=1S/C21H26N4O5S.C2H4O2/c1-2-15(20(30)25-16(19(22)29)9-11-18(27)28)24-17(26)10-8-14-12-31-21(23-14)13-6-4-3-5-7-13;1-2(3)4/h3-7,12,15-16H,2,8-11H2,1H3,(H2,22,29)(H,24,26)(H,25,30)(H,27,28);1H3,(H,3,4)/t15?,16-;/m0./s1. The van der Waals surface area contributed by atoms with E-state index in [0.29, 0.717) is 12.8 Å². The molecule has 190 valence electrons. The number of aryl methyl sites for hydroxylation is 1. The van der Waals surface area contributed by atoms with Gasteiger partial charge in [0.1, 0.15) is 17.1 Å². The fraction of sp³-hybridized carbons (Fsp3) is 0.391. The van der Waals surface area contributed by atoms with Gasteiger partial charge in [-0.3, -0.25) is 24.0 Å². The average molecular weight is 507 g/mol. The molecule has 0 radical (unpaired) electrons. The van der Waals surface area contributed by atoms with Gasteiger partial charge in [-0.25, -0.2) is 4.98 Å². The van der Waals surface area contributed by atoms with Crippen molar-refractivity contribution in [3.63, 3.8) is 0 Å². The third-order valence-electron chi connectivity index (χ3n) is 4.55. The van der Waals surface area contributed by atoms with E-state index in [1.165, 1.54) is 11.3 Å². The molecule has 0 fully saturated rings. The molecule has 0 saturated carbocycles. The summed E-state index contributed by atoms with van der Waals surface area (Å²) >= 11 is 1.50. The van der Waals surface area contributed by atoms with Crippen LogP contribution in [0.1, 0.15) is 45.2 Å². The Bertz CT molecular complexity index is 1010. The van der Waals surface area contributed by atoms with Gasteiger partial charge < -0.3 is 26.6 Å². The van der Waals surface area contributed by atoms with E-state index in [9.17, 15) is 19.2 Å². The minimum atomic E-state index is -1.11. The molecule has 0 aliphatic rings. The Kier molecular flexibility index (Phi) is 12.7. The monoisotopic (exact) mass is 506 g/mol. The number of nitrogens with zero attached hydrogens (tertiary/aromatic N) is 1. The molecule has 0 aliphatic carbocycles. The largest absolute Gasteiger partial charge is 0.481 e. The lowest BCUT2D eigenvalue weighted by Crippen LogP contribution is -2.52. The first-order valence-corrected chi connectivity index (χ1v) is 11.7. The van der Waals surface area contributed by atoms with E-state index in [4.69, 9.17) is 20.7 Å². The molecular formula is C23H30N4O7S. The van der Waals surface area contributed by atoms with Crippen molar-refractivity contribution < 1.29 is 34.2 Å². The Morgan fingerprint density at radius 1 is 1.03 bits per heavy atom. The quantitative estimate of drug-likeness (QED) is 0.286. The number of carboxylic acids is 2. The van der Waals surface area contributed by atoms with Crippen LogP contribution >= 0.6 is 11.3 Å². The zero-order valence-electron chi connectivity index (χ0n) is 19.5. The van der Waals surface area contributed by atoms with E-state index in [-0.39, 0.29) is 25.2 Å². The highest BCUT2D eigenvalue weighted by molar-refractivity contribution is 7.13. The predicted octanol–water partition coefficient (Wildman–Crippen LogP) is 1.56. The molecule has 2 aromatic rings. The fourth-order valence-corrected chi connectivity index (χ4v) is 3.68. The van der Waals surface area contributed by atoms with Gasteiger partial charge in [0.2, 0.25) is 17.7 Å². The first-order chi connectivity index (χ1) is 16.5. The highest BCUT2D eigenvalue weighted by atomic mass is 32.1. The second kappa shape index (κ2) is 15.2. The Morgan fingerprint density at radius 2 is 1.66 bits per heavy atom. The number of benzene rings is 1. The Morgan fingerprint density at radius 3 is 2.20 bits per heavy atom. The summed E-state index contributed by atoms with van der Waals surface area (Å²) in [5.74, 6) is -3.66. The van der Waals surface area contributed by atoms with Crippen molar-refractivity contribution >= 4 is 41.0 Å². The van der Waals surface area contributed by atoms with E-state index in [1.807, 2.05) is 35.7 Å². The molecular weight excluding hydrogens is 476 g/mol. The van der Waals surface area contributed by atoms with Crippen LogP contribution in [0.3, 0.4) is 0 Å². The van der Waals surface area contributed by atoms with Crippen LogP contribution in [-0.4, -0.2) is 56.9 Å². The molecule has 0 spiro atoms. The lowest BCUT2D eigenvalue weighted by atomic mass is 10.1. The van der Waals surface area contributed by atoms with Crippen LogP contribution in [0.2, 0.25) is 0 Å². The number of nitrogens with two attached hydrogens (primary N) is 1. The van der Waals surface area contributed by atoms with Gasteiger partial charge in [0.05, 0.1) is 5.69 Å². The van der Waals surface area contributed by atoms with Crippen molar-refractivity contribution in [2.75, 3.05) is 0 Å². The second-order valence-electron chi connectivity index (χ2n) is 7.45. The number of aliphatic carboxylic acids is 2. The van der Waals surface area contributed by atoms with Crippen molar-refractivity contribution in [1.82, 2.24) is 15.6 Å². The fourth-order valence-electron chi connectivity index (χ4n) is 2.82. The molecule has 11 nitrogen and oxygen atoms in total. The highest BCUT2D eigenvalue weighted by Gasteiger charge is 2.25. The molecule has 0 saturated heterocycles. The summed E-state index contributed by atoms with van der Waals surface area (Å²) in [5, 5.41) is 24.0. The van der Waals surface area contributed by atoms with Crippen LogP contribution in [0.25, 0.3) is 10.6 Å². The summed E-state index contributed by atoms with van der Waals surface area (Å²) in [6.07, 6.45) is 0.455. The summed E-state index contributed by atoms with van der Waals surface area (Å²) in [6, 6.07) is 7.77. The highest BCUT2D eigenvalue weighted by Crippen LogP contribution is 2.23. The van der Waals surface area contributed by atoms with Gasteiger partial charge in [-0.05, 0) is 19.3 Å². The van der Waals surface area contributed by atoms with E-state index < -0.39 is 35.8 Å². The maximum atomic E-state index is 12.4. The normalized spacial score (nSPS) is 11.8. The summed E-state index contributed by atoms with van der Waals surface area (Å²) in [6.45, 7) is 2.80. The zero-order chi connectivity index (χ0) is 26.4. The number of thiazole rings is 1. The van der Waals surface area contributed by atoms with Crippen LogP contribution in [0.15, 0.2) is 35.7 Å². The van der Waals surface area contributed by atoms with Crippen molar-refractivity contribution in [2.45, 2.75) is 58.0 Å². The van der Waals surface area contributed by atoms with E-state index in [1.54, 1.807) is 6.92 Å². The van der Waals surface area contributed by atoms with Gasteiger partial charge in [0.25, 0.3) is 5.97 Å². The van der Waals surface area contributed by atoms with Crippen molar-refractivity contribution in [2.24, 2.45) is 5.73 Å². The van der Waals surface area contributed by atoms with E-state index in [2.05, 4.69) is 15.6 Å². The number of hydrogen-bond donors (Lipinski definition) is 5. The third-order valence-corrected chi connectivity index (χ3v) is 5.49. The first-order valence-electron chi connectivity index (χ1n) is 10.8. The molecule has 1 aromatic carbocycles. The minimum Gasteiger partial charge on any atom is -0.481 e. The molecule has 1 aromatic heterocycles. The Hall–Kier alpha value is -3.80. The summed E-state index contributed by atoms with van der Waals surface area (Å²) in [4.78, 5) is 60.4. The summed E-state index contributed by atoms with van der Waals surface area (Å²) in [5.41, 5.74) is 7.03. The lowest BCUT2D eigenvalue weighted by Gasteiger charge is -2.20. The molecule has 12 heteroatoms. The minimum absolute atomic E-state index is 0.117. The number of aromatic nitrogens is 1. The number of carbonyl (C=O) groups excluding carboxylic acids is 3. The predicted molar refractivity (Wildman–Crippen MR) is 129 cm³/mol.